The molecular weight excluding hydrogens is 340 g/mol. The highest BCUT2D eigenvalue weighted by molar-refractivity contribution is 6.30. The number of carbonyl (C=O) groups excluding carboxylic acids is 1. The van der Waals surface area contributed by atoms with Crippen LogP contribution in [0.3, 0.4) is 0 Å². The zero-order valence-corrected chi connectivity index (χ0v) is 14.2. The van der Waals surface area contributed by atoms with Crippen LogP contribution in [0.5, 0.6) is 5.75 Å². The van der Waals surface area contributed by atoms with Crippen molar-refractivity contribution in [1.29, 1.82) is 0 Å². The number of methoxy groups -OCH3 is 1. The van der Waals surface area contributed by atoms with Crippen molar-refractivity contribution in [2.75, 3.05) is 12.4 Å². The van der Waals surface area contributed by atoms with Crippen LogP contribution in [0.2, 0.25) is 5.02 Å². The second-order valence-electron chi connectivity index (χ2n) is 5.13. The number of rotatable bonds is 5. The SMILES string of the molecule is COc1cc(N=Cc2ccc(Cl)cc2)ccc1NC(=O)c1ccco1. The number of furan rings is 1. The maximum atomic E-state index is 12.1. The summed E-state index contributed by atoms with van der Waals surface area (Å²) in [5, 5.41) is 3.42. The van der Waals surface area contributed by atoms with Gasteiger partial charge in [0, 0.05) is 17.3 Å². The first-order valence-electron chi connectivity index (χ1n) is 7.48. The van der Waals surface area contributed by atoms with Crippen LogP contribution in [0, 0.1) is 0 Å². The molecule has 0 saturated heterocycles. The quantitative estimate of drug-likeness (QED) is 0.660. The molecule has 3 rings (SSSR count). The number of carbonyl (C=O) groups is 1. The normalized spacial score (nSPS) is 10.8. The molecule has 0 saturated carbocycles. The van der Waals surface area contributed by atoms with Crippen LogP contribution in [-0.2, 0) is 0 Å². The number of aliphatic imine (C=N–C) groups is 1. The Balaban J connectivity index is 1.77. The smallest absolute Gasteiger partial charge is 0.291 e. The molecular formula is C19H15ClN2O3. The number of hydrogen-bond acceptors (Lipinski definition) is 4. The highest BCUT2D eigenvalue weighted by atomic mass is 35.5. The molecule has 25 heavy (non-hydrogen) atoms. The van der Waals surface area contributed by atoms with Crippen LogP contribution >= 0.6 is 11.6 Å². The minimum absolute atomic E-state index is 0.229. The van der Waals surface area contributed by atoms with Gasteiger partial charge >= 0.3 is 0 Å². The van der Waals surface area contributed by atoms with Crippen molar-refractivity contribution in [2.24, 2.45) is 4.99 Å². The predicted octanol–water partition coefficient (Wildman–Crippen LogP) is 4.94. The lowest BCUT2D eigenvalue weighted by Crippen LogP contribution is -2.11. The Hall–Kier alpha value is -3.05. The summed E-state index contributed by atoms with van der Waals surface area (Å²) in [6.45, 7) is 0. The summed E-state index contributed by atoms with van der Waals surface area (Å²) >= 11 is 5.86. The van der Waals surface area contributed by atoms with E-state index >= 15 is 0 Å². The van der Waals surface area contributed by atoms with Crippen molar-refractivity contribution in [3.63, 3.8) is 0 Å². The van der Waals surface area contributed by atoms with Gasteiger partial charge in [-0.05, 0) is 42.0 Å². The van der Waals surface area contributed by atoms with E-state index in [-0.39, 0.29) is 11.7 Å². The van der Waals surface area contributed by atoms with Crippen molar-refractivity contribution < 1.29 is 13.9 Å². The number of ether oxygens (including phenoxy) is 1. The third kappa shape index (κ3) is 4.28. The van der Waals surface area contributed by atoms with Gasteiger partial charge in [-0.15, -0.1) is 0 Å². The summed E-state index contributed by atoms with van der Waals surface area (Å²) < 4.78 is 10.4. The average molecular weight is 355 g/mol. The topological polar surface area (TPSA) is 63.8 Å². The van der Waals surface area contributed by atoms with Crippen molar-refractivity contribution in [3.8, 4) is 5.75 Å². The highest BCUT2D eigenvalue weighted by Crippen LogP contribution is 2.29. The maximum Gasteiger partial charge on any atom is 0.291 e. The third-order valence-electron chi connectivity index (χ3n) is 3.41. The molecule has 0 spiro atoms. The standard InChI is InChI=1S/C19H15ClN2O3/c1-24-18-11-15(21-12-13-4-6-14(20)7-5-13)8-9-16(18)22-19(23)17-3-2-10-25-17/h2-12H,1H3,(H,22,23). The molecule has 6 heteroatoms. The van der Waals surface area contributed by atoms with Crippen LogP contribution in [0.4, 0.5) is 11.4 Å². The molecule has 1 N–H and O–H groups in total. The lowest BCUT2D eigenvalue weighted by atomic mass is 10.2. The van der Waals surface area contributed by atoms with E-state index in [4.69, 9.17) is 20.8 Å². The Bertz CT molecular complexity index is 888. The summed E-state index contributed by atoms with van der Waals surface area (Å²) in [5.41, 5.74) is 2.16. The lowest BCUT2D eigenvalue weighted by molar-refractivity contribution is 0.0996. The number of halogens is 1. The van der Waals surface area contributed by atoms with Gasteiger partial charge in [0.15, 0.2) is 5.76 Å². The highest BCUT2D eigenvalue weighted by Gasteiger charge is 2.12. The number of nitrogens with one attached hydrogen (secondary N) is 1. The van der Waals surface area contributed by atoms with Gasteiger partial charge in [-0.25, -0.2) is 0 Å². The molecule has 5 nitrogen and oxygen atoms in total. The molecule has 0 fully saturated rings. The molecule has 3 aromatic rings. The van der Waals surface area contributed by atoms with Gasteiger partial charge < -0.3 is 14.5 Å². The van der Waals surface area contributed by atoms with Gasteiger partial charge in [-0.2, -0.15) is 0 Å². The number of benzene rings is 2. The first-order valence-corrected chi connectivity index (χ1v) is 7.86. The van der Waals surface area contributed by atoms with Crippen LogP contribution in [0.15, 0.2) is 70.3 Å². The van der Waals surface area contributed by atoms with E-state index < -0.39 is 0 Å². The maximum absolute atomic E-state index is 12.1. The van der Waals surface area contributed by atoms with Gasteiger partial charge in [0.05, 0.1) is 24.7 Å². The number of hydrogen-bond donors (Lipinski definition) is 1. The minimum Gasteiger partial charge on any atom is -0.494 e. The molecule has 0 atom stereocenters. The summed E-state index contributed by atoms with van der Waals surface area (Å²) in [6.07, 6.45) is 3.17. The molecule has 0 unspecified atom stereocenters. The molecule has 1 aromatic heterocycles. The fraction of sp³-hybridized carbons (Fsp3) is 0.0526. The van der Waals surface area contributed by atoms with Gasteiger partial charge in [0.1, 0.15) is 5.75 Å². The minimum atomic E-state index is -0.347. The second kappa shape index (κ2) is 7.68. The molecule has 0 aliphatic carbocycles. The van der Waals surface area contributed by atoms with Crippen LogP contribution in [0.25, 0.3) is 0 Å². The monoisotopic (exact) mass is 354 g/mol. The molecule has 126 valence electrons. The first-order chi connectivity index (χ1) is 12.2. The molecule has 0 radical (unpaired) electrons. The Morgan fingerprint density at radius 3 is 2.68 bits per heavy atom. The Morgan fingerprint density at radius 1 is 1.20 bits per heavy atom. The van der Waals surface area contributed by atoms with Gasteiger partial charge in [0.2, 0.25) is 0 Å². The van der Waals surface area contributed by atoms with E-state index in [1.54, 1.807) is 48.7 Å². The van der Waals surface area contributed by atoms with E-state index in [1.807, 2.05) is 12.1 Å². The molecule has 0 aliphatic heterocycles. The zero-order valence-electron chi connectivity index (χ0n) is 13.4. The van der Waals surface area contributed by atoms with Crippen molar-refractivity contribution in [1.82, 2.24) is 0 Å². The first kappa shape index (κ1) is 16.8. The number of anilines is 1. The van der Waals surface area contributed by atoms with Gasteiger partial charge in [-0.3, -0.25) is 9.79 Å². The summed E-state index contributed by atoms with van der Waals surface area (Å²) in [4.78, 5) is 16.5. The fourth-order valence-corrected chi connectivity index (χ4v) is 2.28. The summed E-state index contributed by atoms with van der Waals surface area (Å²) in [5.74, 6) is 0.387. The average Bonchev–Trinajstić information content (AvgIpc) is 3.17. The molecule has 0 bridgehead atoms. The molecule has 1 heterocycles. The van der Waals surface area contributed by atoms with E-state index in [9.17, 15) is 4.79 Å². The Morgan fingerprint density at radius 2 is 2.00 bits per heavy atom. The van der Waals surface area contributed by atoms with Crippen LogP contribution in [-0.4, -0.2) is 19.2 Å². The number of amides is 1. The Kier molecular flexibility index (Phi) is 5.16. The third-order valence-corrected chi connectivity index (χ3v) is 3.66. The van der Waals surface area contributed by atoms with E-state index in [0.29, 0.717) is 22.1 Å². The lowest BCUT2D eigenvalue weighted by Gasteiger charge is -2.09. The summed E-state index contributed by atoms with van der Waals surface area (Å²) in [7, 11) is 1.53. The fourth-order valence-electron chi connectivity index (χ4n) is 2.15. The molecule has 1 amide bonds. The van der Waals surface area contributed by atoms with Gasteiger partial charge in [0.25, 0.3) is 5.91 Å². The van der Waals surface area contributed by atoms with E-state index in [1.165, 1.54) is 13.4 Å². The van der Waals surface area contributed by atoms with Crippen molar-refractivity contribution in [2.45, 2.75) is 0 Å². The van der Waals surface area contributed by atoms with Crippen LogP contribution in [0.1, 0.15) is 16.1 Å². The second-order valence-corrected chi connectivity index (χ2v) is 5.56. The van der Waals surface area contributed by atoms with Crippen molar-refractivity contribution in [3.05, 3.63) is 77.2 Å². The van der Waals surface area contributed by atoms with Crippen molar-refractivity contribution >= 4 is 35.1 Å². The van der Waals surface area contributed by atoms with Crippen LogP contribution < -0.4 is 10.1 Å². The molecule has 2 aromatic carbocycles. The zero-order chi connectivity index (χ0) is 17.6. The largest absolute Gasteiger partial charge is 0.494 e. The number of nitrogens with zero attached hydrogens (tertiary/aromatic N) is 1. The van der Waals surface area contributed by atoms with E-state index in [2.05, 4.69) is 10.3 Å². The Labute approximate surface area is 149 Å². The van der Waals surface area contributed by atoms with Gasteiger partial charge in [-0.1, -0.05) is 23.7 Å². The summed E-state index contributed by atoms with van der Waals surface area (Å²) in [6, 6.07) is 15.9. The molecule has 0 aliphatic rings. The van der Waals surface area contributed by atoms with E-state index in [0.717, 1.165) is 5.56 Å². The predicted molar refractivity (Wildman–Crippen MR) is 98.4 cm³/mol.